The monoisotopic (exact) mass is 242 g/mol. The summed E-state index contributed by atoms with van der Waals surface area (Å²) in [6, 6.07) is 1.94. The Morgan fingerprint density at radius 3 is 2.60 bits per heavy atom. The minimum atomic E-state index is 0.818. The second kappa shape index (κ2) is 6.30. The molecule has 4 heteroatoms. The molecule has 0 unspecified atom stereocenters. The van der Waals surface area contributed by atoms with Gasteiger partial charge in [-0.15, -0.1) is 0 Å². The summed E-state index contributed by atoms with van der Waals surface area (Å²) in [6.07, 6.45) is 2.40. The number of hydrogen-bond acceptors (Lipinski definition) is 4. The third-order valence-electron chi connectivity index (χ3n) is 2.57. The number of nitrogens with one attached hydrogen (secondary N) is 1. The first-order valence-corrected chi connectivity index (χ1v) is 6.19. The van der Waals surface area contributed by atoms with Crippen molar-refractivity contribution in [1.29, 1.82) is 0 Å². The first kappa shape index (κ1) is 12.7. The molecule has 0 bridgehead atoms. The molecule has 1 N–H and O–H groups in total. The van der Waals surface area contributed by atoms with Crippen molar-refractivity contribution < 1.29 is 0 Å². The van der Waals surface area contributed by atoms with Gasteiger partial charge in [-0.3, -0.25) is 0 Å². The lowest BCUT2D eigenvalue weighted by atomic mass is 10.2. The Kier molecular flexibility index (Phi) is 5.36. The van der Waals surface area contributed by atoms with Gasteiger partial charge < -0.3 is 10.2 Å². The van der Waals surface area contributed by atoms with Gasteiger partial charge in [0.25, 0.3) is 0 Å². The summed E-state index contributed by atoms with van der Waals surface area (Å²) in [5.41, 5.74) is 1.05. The van der Waals surface area contributed by atoms with Gasteiger partial charge in [-0.1, -0.05) is 31.4 Å². The zero-order chi connectivity index (χ0) is 11.3. The largest absolute Gasteiger partial charge is 0.384 e. The molecule has 0 amide bonds. The van der Waals surface area contributed by atoms with Crippen LogP contribution in [0.25, 0.3) is 0 Å². The van der Waals surface area contributed by atoms with E-state index >= 15 is 0 Å². The summed E-state index contributed by atoms with van der Waals surface area (Å²) >= 11 is 10.1. The van der Waals surface area contributed by atoms with Crippen molar-refractivity contribution in [2.75, 3.05) is 32.0 Å². The third kappa shape index (κ3) is 3.97. The van der Waals surface area contributed by atoms with Gasteiger partial charge in [-0.2, -0.15) is 0 Å². The molecule has 0 aliphatic heterocycles. The van der Waals surface area contributed by atoms with Gasteiger partial charge in [0.1, 0.15) is 0 Å². The molecule has 0 fully saturated rings. The van der Waals surface area contributed by atoms with Gasteiger partial charge in [0.2, 0.25) is 0 Å². The molecule has 0 spiro atoms. The summed E-state index contributed by atoms with van der Waals surface area (Å²) in [7, 11) is 2.15. The highest BCUT2D eigenvalue weighted by Crippen LogP contribution is 2.16. The fourth-order valence-corrected chi connectivity index (χ4v) is 1.75. The number of nitrogens with zero attached hydrogens (tertiary/aromatic N) is 1. The molecular formula is C11H18N2S2. The van der Waals surface area contributed by atoms with E-state index in [0.717, 1.165) is 27.8 Å². The zero-order valence-corrected chi connectivity index (χ0v) is 11.0. The van der Waals surface area contributed by atoms with Gasteiger partial charge in [0, 0.05) is 6.54 Å². The van der Waals surface area contributed by atoms with Crippen LogP contribution in [0.4, 0.5) is 5.69 Å². The van der Waals surface area contributed by atoms with Crippen molar-refractivity contribution in [2.24, 2.45) is 0 Å². The Morgan fingerprint density at radius 2 is 2.07 bits per heavy atom. The molecule has 0 saturated heterocycles. The van der Waals surface area contributed by atoms with Crippen molar-refractivity contribution in [1.82, 2.24) is 4.90 Å². The first-order valence-electron chi connectivity index (χ1n) is 5.38. The van der Waals surface area contributed by atoms with Gasteiger partial charge in [0.15, 0.2) is 0 Å². The highest BCUT2D eigenvalue weighted by molar-refractivity contribution is 7.74. The molecule has 1 aromatic carbocycles. The molecule has 0 aliphatic rings. The van der Waals surface area contributed by atoms with Crippen LogP contribution in [-0.4, -0.2) is 31.6 Å². The van der Waals surface area contributed by atoms with Crippen molar-refractivity contribution in [3.05, 3.63) is 15.1 Å². The van der Waals surface area contributed by atoms with Gasteiger partial charge >= 0.3 is 0 Å². The van der Waals surface area contributed by atoms with E-state index < -0.39 is 0 Å². The normalized spacial score (nSPS) is 11.1. The van der Waals surface area contributed by atoms with Gasteiger partial charge in [0.05, 0.1) is 14.7 Å². The molecule has 0 radical (unpaired) electrons. The second-order valence-electron chi connectivity index (χ2n) is 3.78. The van der Waals surface area contributed by atoms with Crippen LogP contribution in [0.1, 0.15) is 19.8 Å². The minimum Gasteiger partial charge on any atom is -0.384 e. The predicted molar refractivity (Wildman–Crippen MR) is 71.4 cm³/mol. The highest BCUT2D eigenvalue weighted by Gasteiger charge is 2.01. The van der Waals surface area contributed by atoms with E-state index in [9.17, 15) is 0 Å². The van der Waals surface area contributed by atoms with E-state index in [1.54, 1.807) is 0 Å². The second-order valence-corrected chi connectivity index (χ2v) is 4.63. The quantitative estimate of drug-likeness (QED) is 0.583. The van der Waals surface area contributed by atoms with Crippen molar-refractivity contribution in [3.8, 4) is 0 Å². The van der Waals surface area contributed by atoms with E-state index in [0.29, 0.717) is 0 Å². The Labute approximate surface area is 102 Å². The smallest absolute Gasteiger partial charge is 0.0790 e. The van der Waals surface area contributed by atoms with Gasteiger partial charge in [-0.25, -0.2) is 0 Å². The Hall–Kier alpha value is -0.320. The van der Waals surface area contributed by atoms with E-state index in [-0.39, 0.29) is 0 Å². The van der Waals surface area contributed by atoms with Crippen molar-refractivity contribution in [2.45, 2.75) is 19.8 Å². The maximum absolute atomic E-state index is 5.09. The average molecular weight is 242 g/mol. The van der Waals surface area contributed by atoms with Crippen LogP contribution in [0.5, 0.6) is 0 Å². The van der Waals surface area contributed by atoms with Crippen molar-refractivity contribution in [3.63, 3.8) is 0 Å². The molecule has 1 rings (SSSR count). The Bertz CT molecular complexity index is 366. The molecule has 0 heterocycles. The Balaban J connectivity index is 2.06. The molecule has 15 heavy (non-hydrogen) atoms. The summed E-state index contributed by atoms with van der Waals surface area (Å²) in [5.74, 6) is 0. The van der Waals surface area contributed by atoms with Crippen LogP contribution in [0.15, 0.2) is 6.07 Å². The molecule has 2 nitrogen and oxygen atoms in total. The Morgan fingerprint density at radius 1 is 1.33 bits per heavy atom. The van der Waals surface area contributed by atoms with Crippen LogP contribution in [-0.2, 0) is 0 Å². The van der Waals surface area contributed by atoms with Crippen LogP contribution < -0.4 is 5.32 Å². The standard InChI is InChI=1S/C11H18N2S2/c1-3-13(2)7-5-4-6-12-9-8-10(14)11(9)15/h8,12H,3-7H2,1-2H3. The maximum Gasteiger partial charge on any atom is 0.0790 e. The van der Waals surface area contributed by atoms with E-state index in [1.165, 1.54) is 19.4 Å². The van der Waals surface area contributed by atoms with E-state index in [2.05, 4.69) is 24.2 Å². The molecule has 1 aromatic rings. The fraction of sp³-hybridized carbons (Fsp3) is 0.636. The average Bonchev–Trinajstić information content (AvgIpc) is 2.26. The lowest BCUT2D eigenvalue weighted by Crippen LogP contribution is -2.19. The maximum atomic E-state index is 5.09. The molecule has 0 aromatic heterocycles. The zero-order valence-electron chi connectivity index (χ0n) is 9.38. The van der Waals surface area contributed by atoms with Crippen LogP contribution in [0, 0.1) is 9.02 Å². The summed E-state index contributed by atoms with van der Waals surface area (Å²) < 4.78 is 1.65. The highest BCUT2D eigenvalue weighted by atomic mass is 32.1. The van der Waals surface area contributed by atoms with Gasteiger partial charge in [-0.05, 0) is 39.0 Å². The molecular weight excluding hydrogens is 224 g/mol. The SMILES string of the molecule is CCN(C)CCCCNc1cc(=S)c1=S. The molecule has 0 aliphatic carbocycles. The minimum absolute atomic E-state index is 0.818. The third-order valence-corrected chi connectivity index (χ3v) is 3.46. The van der Waals surface area contributed by atoms with Crippen LogP contribution in [0.2, 0.25) is 0 Å². The molecule has 0 saturated carbocycles. The van der Waals surface area contributed by atoms with E-state index in [1.807, 2.05) is 6.07 Å². The number of rotatable bonds is 7. The number of hydrogen-bond donors (Lipinski definition) is 1. The van der Waals surface area contributed by atoms with Crippen LogP contribution in [0.3, 0.4) is 0 Å². The lowest BCUT2D eigenvalue weighted by Gasteiger charge is -2.14. The van der Waals surface area contributed by atoms with Crippen molar-refractivity contribution >= 4 is 30.1 Å². The molecule has 84 valence electrons. The topological polar surface area (TPSA) is 15.3 Å². The summed E-state index contributed by atoms with van der Waals surface area (Å²) in [4.78, 5) is 2.32. The fourth-order valence-electron chi connectivity index (χ4n) is 1.34. The van der Waals surface area contributed by atoms with E-state index in [4.69, 9.17) is 24.4 Å². The predicted octanol–water partition coefficient (Wildman–Crippen LogP) is 3.16. The lowest BCUT2D eigenvalue weighted by molar-refractivity contribution is 0.345. The summed E-state index contributed by atoms with van der Waals surface area (Å²) in [6.45, 7) is 5.46. The number of anilines is 1. The van der Waals surface area contributed by atoms with Crippen LogP contribution >= 0.6 is 24.4 Å². The summed E-state index contributed by atoms with van der Waals surface area (Å²) in [5, 5.41) is 3.30. The number of unbranched alkanes of at least 4 members (excludes halogenated alkanes) is 1. The first-order chi connectivity index (χ1) is 7.15. The molecule has 0 atom stereocenters.